The van der Waals surface area contributed by atoms with Crippen LogP contribution in [0.15, 0.2) is 42.5 Å². The molecule has 0 heterocycles. The molecule has 2 amide bonds. The van der Waals surface area contributed by atoms with E-state index in [1.165, 1.54) is 18.0 Å². The smallest absolute Gasteiger partial charge is 0.244 e. The Kier molecular flexibility index (Phi) is 8.63. The predicted molar refractivity (Wildman–Crippen MR) is 123 cm³/mol. The zero-order chi connectivity index (χ0) is 24.1. The van der Waals surface area contributed by atoms with Crippen LogP contribution < -0.4 is 9.62 Å². The number of sulfonamides is 1. The number of nitrogens with one attached hydrogen (secondary N) is 1. The standard InChI is InChI=1S/C22H27ClFN3O4S/c1-5-20(22(29)25-3)26(13-16-8-6-15(2)7-9-16)21(28)14-27(32(4,30)31)17-10-11-19(24)18(23)12-17/h6-12,20H,5,13-14H2,1-4H3,(H,25,29)/t20-/m1/s1. The largest absolute Gasteiger partial charge is 0.357 e. The van der Waals surface area contributed by atoms with Gasteiger partial charge in [0, 0.05) is 13.6 Å². The van der Waals surface area contributed by atoms with Crippen LogP contribution in [0.5, 0.6) is 0 Å². The summed E-state index contributed by atoms with van der Waals surface area (Å²) in [5, 5.41) is 2.28. The summed E-state index contributed by atoms with van der Waals surface area (Å²) >= 11 is 5.82. The molecule has 1 atom stereocenters. The fourth-order valence-electron chi connectivity index (χ4n) is 3.23. The molecule has 174 valence electrons. The van der Waals surface area contributed by atoms with Crippen LogP contribution in [0.3, 0.4) is 0 Å². The second kappa shape index (κ2) is 10.8. The third kappa shape index (κ3) is 6.43. The lowest BCUT2D eigenvalue weighted by Gasteiger charge is -2.32. The van der Waals surface area contributed by atoms with Gasteiger partial charge in [-0.1, -0.05) is 48.4 Å². The van der Waals surface area contributed by atoms with Gasteiger partial charge in [-0.15, -0.1) is 0 Å². The van der Waals surface area contributed by atoms with E-state index < -0.39 is 34.3 Å². The van der Waals surface area contributed by atoms with Gasteiger partial charge in [-0.25, -0.2) is 12.8 Å². The average Bonchev–Trinajstić information content (AvgIpc) is 2.74. The summed E-state index contributed by atoms with van der Waals surface area (Å²) in [4.78, 5) is 27.2. The summed E-state index contributed by atoms with van der Waals surface area (Å²) < 4.78 is 39.3. The molecule has 0 bridgehead atoms. The third-order valence-electron chi connectivity index (χ3n) is 4.98. The lowest BCUT2D eigenvalue weighted by atomic mass is 10.1. The monoisotopic (exact) mass is 483 g/mol. The second-order valence-electron chi connectivity index (χ2n) is 7.41. The third-order valence-corrected chi connectivity index (χ3v) is 6.41. The Morgan fingerprint density at radius 2 is 1.78 bits per heavy atom. The molecule has 1 N–H and O–H groups in total. The molecular weight excluding hydrogens is 457 g/mol. The lowest BCUT2D eigenvalue weighted by Crippen LogP contribution is -2.51. The van der Waals surface area contributed by atoms with Crippen LogP contribution in [-0.4, -0.2) is 51.0 Å². The molecule has 0 aliphatic heterocycles. The van der Waals surface area contributed by atoms with Crippen LogP contribution in [0.2, 0.25) is 5.02 Å². The highest BCUT2D eigenvalue weighted by molar-refractivity contribution is 7.92. The van der Waals surface area contributed by atoms with Crippen molar-refractivity contribution in [2.45, 2.75) is 32.9 Å². The molecular formula is C22H27ClFN3O4S. The minimum absolute atomic E-state index is 0.0514. The Morgan fingerprint density at radius 1 is 1.16 bits per heavy atom. The Balaban J connectivity index is 2.43. The van der Waals surface area contributed by atoms with Gasteiger partial charge in [0.15, 0.2) is 0 Å². The van der Waals surface area contributed by atoms with Gasteiger partial charge < -0.3 is 10.2 Å². The molecule has 32 heavy (non-hydrogen) atoms. The first-order valence-electron chi connectivity index (χ1n) is 9.97. The highest BCUT2D eigenvalue weighted by Gasteiger charge is 2.31. The van der Waals surface area contributed by atoms with Gasteiger partial charge in [0.1, 0.15) is 18.4 Å². The Labute approximate surface area is 193 Å². The first-order chi connectivity index (χ1) is 15.0. The highest BCUT2D eigenvalue weighted by atomic mass is 35.5. The fraction of sp³-hybridized carbons (Fsp3) is 0.364. The molecule has 0 aliphatic rings. The molecule has 0 aliphatic carbocycles. The number of aryl methyl sites for hydroxylation is 1. The number of carbonyl (C=O) groups is 2. The topological polar surface area (TPSA) is 86.8 Å². The van der Waals surface area contributed by atoms with E-state index in [2.05, 4.69) is 5.32 Å². The number of benzene rings is 2. The van der Waals surface area contributed by atoms with Crippen LogP contribution in [-0.2, 0) is 26.2 Å². The van der Waals surface area contributed by atoms with E-state index in [1.807, 2.05) is 31.2 Å². The second-order valence-corrected chi connectivity index (χ2v) is 9.73. The van der Waals surface area contributed by atoms with Crippen LogP contribution in [0.4, 0.5) is 10.1 Å². The van der Waals surface area contributed by atoms with E-state index in [4.69, 9.17) is 11.6 Å². The Morgan fingerprint density at radius 3 is 2.28 bits per heavy atom. The average molecular weight is 484 g/mol. The lowest BCUT2D eigenvalue weighted by molar-refractivity contribution is -0.140. The van der Waals surface area contributed by atoms with E-state index in [1.54, 1.807) is 6.92 Å². The molecule has 0 spiro atoms. The van der Waals surface area contributed by atoms with Gasteiger partial charge in [0.05, 0.1) is 17.0 Å². The number of amides is 2. The van der Waals surface area contributed by atoms with Gasteiger partial charge in [0.25, 0.3) is 0 Å². The van der Waals surface area contributed by atoms with Crippen molar-refractivity contribution in [3.63, 3.8) is 0 Å². The molecule has 0 saturated heterocycles. The summed E-state index contributed by atoms with van der Waals surface area (Å²) in [6, 6.07) is 10.1. The minimum atomic E-state index is -3.91. The molecule has 10 heteroatoms. The van der Waals surface area contributed by atoms with E-state index in [-0.39, 0.29) is 23.2 Å². The number of carbonyl (C=O) groups excluding carboxylic acids is 2. The van der Waals surface area contributed by atoms with Crippen LogP contribution >= 0.6 is 11.6 Å². The van der Waals surface area contributed by atoms with E-state index >= 15 is 0 Å². The maximum absolute atomic E-state index is 13.6. The molecule has 2 rings (SSSR count). The number of rotatable bonds is 9. The molecule has 2 aromatic rings. The van der Waals surface area contributed by atoms with Crippen LogP contribution in [0.25, 0.3) is 0 Å². The summed E-state index contributed by atoms with van der Waals surface area (Å²) in [6.07, 6.45) is 1.27. The Bertz CT molecular complexity index is 1080. The first kappa shape index (κ1) is 25.6. The van der Waals surface area contributed by atoms with Crippen molar-refractivity contribution >= 4 is 39.1 Å². The maximum Gasteiger partial charge on any atom is 0.244 e. The summed E-state index contributed by atoms with van der Waals surface area (Å²) in [6.45, 7) is 3.25. The van der Waals surface area contributed by atoms with Crippen molar-refractivity contribution in [1.29, 1.82) is 0 Å². The first-order valence-corrected chi connectivity index (χ1v) is 12.2. The summed E-state index contributed by atoms with van der Waals surface area (Å²) in [5.74, 6) is -1.64. The van der Waals surface area contributed by atoms with Crippen molar-refractivity contribution in [2.24, 2.45) is 0 Å². The minimum Gasteiger partial charge on any atom is -0.357 e. The van der Waals surface area contributed by atoms with E-state index in [9.17, 15) is 22.4 Å². The summed E-state index contributed by atoms with van der Waals surface area (Å²) in [5.41, 5.74) is 1.89. The van der Waals surface area contributed by atoms with Crippen molar-refractivity contribution in [3.8, 4) is 0 Å². The maximum atomic E-state index is 13.6. The summed E-state index contributed by atoms with van der Waals surface area (Å²) in [7, 11) is -2.43. The van der Waals surface area contributed by atoms with Crippen molar-refractivity contribution in [2.75, 3.05) is 24.2 Å². The number of halogens is 2. The molecule has 0 aromatic heterocycles. The Hall–Kier alpha value is -2.65. The number of hydrogen-bond acceptors (Lipinski definition) is 4. The molecule has 2 aromatic carbocycles. The highest BCUT2D eigenvalue weighted by Crippen LogP contribution is 2.25. The van der Waals surface area contributed by atoms with E-state index in [0.717, 1.165) is 33.8 Å². The van der Waals surface area contributed by atoms with Gasteiger partial charge in [0.2, 0.25) is 21.8 Å². The van der Waals surface area contributed by atoms with Crippen LogP contribution in [0.1, 0.15) is 24.5 Å². The van der Waals surface area contributed by atoms with Crippen LogP contribution in [0, 0.1) is 12.7 Å². The number of nitrogens with zero attached hydrogens (tertiary/aromatic N) is 2. The molecule has 7 nitrogen and oxygen atoms in total. The van der Waals surface area contributed by atoms with Crippen molar-refractivity contribution in [3.05, 3.63) is 64.4 Å². The zero-order valence-corrected chi connectivity index (χ0v) is 20.0. The van der Waals surface area contributed by atoms with Gasteiger partial charge in [-0.05, 0) is 37.1 Å². The fourth-order valence-corrected chi connectivity index (χ4v) is 4.25. The SMILES string of the molecule is CC[C@H](C(=O)NC)N(Cc1ccc(C)cc1)C(=O)CN(c1ccc(F)c(Cl)c1)S(C)(=O)=O. The molecule has 0 saturated carbocycles. The number of anilines is 1. The van der Waals surface area contributed by atoms with Crippen molar-refractivity contribution < 1.29 is 22.4 Å². The normalized spacial score (nSPS) is 12.2. The van der Waals surface area contributed by atoms with Gasteiger partial charge in [-0.3, -0.25) is 13.9 Å². The predicted octanol–water partition coefficient (Wildman–Crippen LogP) is 3.11. The molecule has 0 fully saturated rings. The number of likely N-dealkylation sites (N-methyl/N-ethyl adjacent to an activating group) is 1. The quantitative estimate of drug-likeness (QED) is 0.593. The molecule has 0 unspecified atom stereocenters. The van der Waals surface area contributed by atoms with Crippen molar-refractivity contribution in [1.82, 2.24) is 10.2 Å². The van der Waals surface area contributed by atoms with E-state index in [0.29, 0.717) is 6.42 Å². The van der Waals surface area contributed by atoms with Gasteiger partial charge in [-0.2, -0.15) is 0 Å². The zero-order valence-electron chi connectivity index (χ0n) is 18.4. The number of hydrogen-bond donors (Lipinski definition) is 1. The molecule has 0 radical (unpaired) electrons. The van der Waals surface area contributed by atoms with Gasteiger partial charge >= 0.3 is 0 Å².